The topological polar surface area (TPSA) is 88.9 Å². The van der Waals surface area contributed by atoms with Crippen molar-refractivity contribution >= 4 is 46.9 Å². The number of carbonyl (C=O) groups is 2. The smallest absolute Gasteiger partial charge is 0.321 e. The summed E-state index contributed by atoms with van der Waals surface area (Å²) in [6.45, 7) is 3.98. The van der Waals surface area contributed by atoms with Crippen LogP contribution >= 0.6 is 35.0 Å². The van der Waals surface area contributed by atoms with Gasteiger partial charge in [0.05, 0.1) is 10.3 Å². The first kappa shape index (κ1) is 22.9. The molecule has 1 aromatic carbocycles. The number of hydrogen-bond acceptors (Lipinski definition) is 5. The Bertz CT molecular complexity index is 915. The number of imide groups is 1. The SMILES string of the molecule is CCNC(=O)NC(=O)C(C)Sc1nnc(-c2ccc(Cl)cc2Cl)n1C1CCCCC1. The van der Waals surface area contributed by atoms with E-state index in [9.17, 15) is 9.59 Å². The lowest BCUT2D eigenvalue weighted by molar-refractivity contribution is -0.119. The molecule has 1 aliphatic rings. The standard InChI is InChI=1S/C20H25Cl2N5O2S/c1-3-23-19(29)24-18(28)12(2)30-20-26-25-17(15-10-9-13(21)11-16(15)22)27(20)14-7-5-4-6-8-14/h9-12,14H,3-8H2,1-2H3,(H2,23,24,28,29). The van der Waals surface area contributed by atoms with E-state index in [2.05, 4.69) is 25.4 Å². The monoisotopic (exact) mass is 469 g/mol. The van der Waals surface area contributed by atoms with E-state index in [1.165, 1.54) is 18.2 Å². The van der Waals surface area contributed by atoms with Gasteiger partial charge in [0.2, 0.25) is 5.91 Å². The van der Waals surface area contributed by atoms with Gasteiger partial charge in [0, 0.05) is 23.2 Å². The highest BCUT2D eigenvalue weighted by Crippen LogP contribution is 2.38. The molecule has 2 aromatic rings. The minimum Gasteiger partial charge on any atom is -0.338 e. The molecule has 0 spiro atoms. The highest BCUT2D eigenvalue weighted by atomic mass is 35.5. The zero-order chi connectivity index (χ0) is 21.7. The number of nitrogens with one attached hydrogen (secondary N) is 2. The largest absolute Gasteiger partial charge is 0.338 e. The third-order valence-corrected chi connectivity index (χ3v) is 6.61. The number of halogens is 2. The lowest BCUT2D eigenvalue weighted by Crippen LogP contribution is -2.42. The van der Waals surface area contributed by atoms with Crippen LogP contribution in [0.5, 0.6) is 0 Å². The minimum absolute atomic E-state index is 0.233. The van der Waals surface area contributed by atoms with Crippen LogP contribution in [0.4, 0.5) is 4.79 Å². The van der Waals surface area contributed by atoms with E-state index in [1.807, 2.05) is 6.07 Å². The Hall–Kier alpha value is -1.77. The van der Waals surface area contributed by atoms with Crippen LogP contribution in [-0.2, 0) is 4.79 Å². The van der Waals surface area contributed by atoms with Crippen molar-refractivity contribution in [1.82, 2.24) is 25.4 Å². The van der Waals surface area contributed by atoms with Gasteiger partial charge in [0.1, 0.15) is 0 Å². The van der Waals surface area contributed by atoms with Crippen molar-refractivity contribution in [2.45, 2.75) is 62.4 Å². The molecule has 162 valence electrons. The van der Waals surface area contributed by atoms with Crippen LogP contribution in [0.25, 0.3) is 11.4 Å². The molecule has 0 saturated heterocycles. The summed E-state index contributed by atoms with van der Waals surface area (Å²) < 4.78 is 2.09. The van der Waals surface area contributed by atoms with Crippen molar-refractivity contribution < 1.29 is 9.59 Å². The second-order valence-corrected chi connectivity index (χ2v) is 9.35. The molecule has 1 aromatic heterocycles. The Balaban J connectivity index is 1.89. The zero-order valence-electron chi connectivity index (χ0n) is 17.0. The Morgan fingerprint density at radius 1 is 1.23 bits per heavy atom. The molecule has 10 heteroatoms. The highest BCUT2D eigenvalue weighted by Gasteiger charge is 2.27. The Morgan fingerprint density at radius 3 is 2.63 bits per heavy atom. The number of amides is 3. The summed E-state index contributed by atoms with van der Waals surface area (Å²) in [5.41, 5.74) is 0.755. The van der Waals surface area contributed by atoms with Crippen molar-refractivity contribution in [3.05, 3.63) is 28.2 Å². The molecular weight excluding hydrogens is 445 g/mol. The van der Waals surface area contributed by atoms with E-state index in [4.69, 9.17) is 23.2 Å². The number of carbonyl (C=O) groups excluding carboxylic acids is 2. The second-order valence-electron chi connectivity index (χ2n) is 7.20. The predicted octanol–water partition coefficient (Wildman–Crippen LogP) is 5.08. The van der Waals surface area contributed by atoms with Crippen LogP contribution in [0.15, 0.2) is 23.4 Å². The van der Waals surface area contributed by atoms with Crippen molar-refractivity contribution in [2.75, 3.05) is 6.54 Å². The molecule has 0 bridgehead atoms. The molecule has 3 amide bonds. The van der Waals surface area contributed by atoms with Crippen molar-refractivity contribution in [1.29, 1.82) is 0 Å². The lowest BCUT2D eigenvalue weighted by Gasteiger charge is -2.26. The molecule has 0 aliphatic heterocycles. The average Bonchev–Trinajstić information content (AvgIpc) is 3.11. The summed E-state index contributed by atoms with van der Waals surface area (Å²) in [6, 6.07) is 5.04. The summed E-state index contributed by atoms with van der Waals surface area (Å²) in [5.74, 6) is 0.289. The maximum Gasteiger partial charge on any atom is 0.321 e. The number of rotatable bonds is 6. The summed E-state index contributed by atoms with van der Waals surface area (Å²) in [4.78, 5) is 24.1. The van der Waals surface area contributed by atoms with E-state index in [-0.39, 0.29) is 11.9 Å². The van der Waals surface area contributed by atoms with E-state index in [0.717, 1.165) is 31.2 Å². The minimum atomic E-state index is -0.521. The Kier molecular flexibility index (Phi) is 8.02. The third kappa shape index (κ3) is 5.47. The van der Waals surface area contributed by atoms with Crippen LogP contribution in [0.3, 0.4) is 0 Å². The lowest BCUT2D eigenvalue weighted by atomic mass is 9.95. The quantitative estimate of drug-likeness (QED) is 0.575. The molecule has 1 unspecified atom stereocenters. The van der Waals surface area contributed by atoms with E-state index < -0.39 is 11.3 Å². The Morgan fingerprint density at radius 2 is 1.97 bits per heavy atom. The highest BCUT2D eigenvalue weighted by molar-refractivity contribution is 8.00. The first-order valence-corrected chi connectivity index (χ1v) is 11.7. The maximum atomic E-state index is 12.4. The fraction of sp³-hybridized carbons (Fsp3) is 0.500. The summed E-state index contributed by atoms with van der Waals surface area (Å²) in [5, 5.41) is 14.9. The van der Waals surface area contributed by atoms with Crippen molar-refractivity contribution in [2.24, 2.45) is 0 Å². The van der Waals surface area contributed by atoms with Crippen LogP contribution in [0.1, 0.15) is 52.0 Å². The number of nitrogens with zero attached hydrogens (tertiary/aromatic N) is 3. The molecular formula is C20H25Cl2N5O2S. The van der Waals surface area contributed by atoms with Gasteiger partial charge in [-0.1, -0.05) is 54.2 Å². The molecule has 0 radical (unpaired) electrons. The van der Waals surface area contributed by atoms with Crippen LogP contribution in [0.2, 0.25) is 10.0 Å². The second kappa shape index (κ2) is 10.5. The number of urea groups is 1. The first-order valence-electron chi connectivity index (χ1n) is 10.1. The van der Waals surface area contributed by atoms with Crippen LogP contribution in [-0.4, -0.2) is 38.5 Å². The van der Waals surface area contributed by atoms with E-state index in [0.29, 0.717) is 27.6 Å². The van der Waals surface area contributed by atoms with Crippen LogP contribution in [0, 0.1) is 0 Å². The number of hydrogen-bond donors (Lipinski definition) is 2. The average molecular weight is 470 g/mol. The van der Waals surface area contributed by atoms with Gasteiger partial charge in [0.25, 0.3) is 0 Å². The van der Waals surface area contributed by atoms with Gasteiger partial charge in [-0.3, -0.25) is 14.7 Å². The van der Waals surface area contributed by atoms with Gasteiger partial charge in [-0.2, -0.15) is 0 Å². The molecule has 30 heavy (non-hydrogen) atoms. The molecule has 1 fully saturated rings. The summed E-state index contributed by atoms with van der Waals surface area (Å²) in [7, 11) is 0. The fourth-order valence-electron chi connectivity index (χ4n) is 3.51. The molecule has 1 aliphatic carbocycles. The predicted molar refractivity (Wildman–Crippen MR) is 120 cm³/mol. The maximum absolute atomic E-state index is 12.4. The molecule has 1 saturated carbocycles. The van der Waals surface area contributed by atoms with Gasteiger partial charge in [0.15, 0.2) is 11.0 Å². The van der Waals surface area contributed by atoms with Gasteiger partial charge in [-0.25, -0.2) is 4.79 Å². The molecule has 1 heterocycles. The zero-order valence-corrected chi connectivity index (χ0v) is 19.3. The van der Waals surface area contributed by atoms with Gasteiger partial charge >= 0.3 is 6.03 Å². The number of benzene rings is 1. The van der Waals surface area contributed by atoms with Crippen molar-refractivity contribution in [3.8, 4) is 11.4 Å². The normalized spacial score (nSPS) is 15.6. The van der Waals surface area contributed by atoms with E-state index >= 15 is 0 Å². The van der Waals surface area contributed by atoms with Gasteiger partial charge < -0.3 is 5.32 Å². The first-order chi connectivity index (χ1) is 14.4. The summed E-state index contributed by atoms with van der Waals surface area (Å²) >= 11 is 13.8. The number of thioether (sulfide) groups is 1. The molecule has 1 atom stereocenters. The van der Waals surface area contributed by atoms with Crippen LogP contribution < -0.4 is 10.6 Å². The summed E-state index contributed by atoms with van der Waals surface area (Å²) in [6.07, 6.45) is 5.51. The molecule has 7 nitrogen and oxygen atoms in total. The molecule has 3 rings (SSSR count). The molecule has 2 N–H and O–H groups in total. The Labute approximate surface area is 190 Å². The fourth-order valence-corrected chi connectivity index (χ4v) is 4.92. The third-order valence-electron chi connectivity index (χ3n) is 5.00. The van der Waals surface area contributed by atoms with Gasteiger partial charge in [-0.05, 0) is 44.9 Å². The number of aromatic nitrogens is 3. The van der Waals surface area contributed by atoms with Gasteiger partial charge in [-0.15, -0.1) is 10.2 Å². The van der Waals surface area contributed by atoms with E-state index in [1.54, 1.807) is 26.0 Å². The van der Waals surface area contributed by atoms with Crippen molar-refractivity contribution in [3.63, 3.8) is 0 Å².